The second-order valence-corrected chi connectivity index (χ2v) is 5.63. The van der Waals surface area contributed by atoms with E-state index in [4.69, 9.17) is 4.74 Å². The summed E-state index contributed by atoms with van der Waals surface area (Å²) in [5.74, 6) is -1.20. The van der Waals surface area contributed by atoms with Gasteiger partial charge >= 0.3 is 5.97 Å². The van der Waals surface area contributed by atoms with E-state index < -0.39 is 11.9 Å². The molecule has 0 spiro atoms. The molecule has 7 heteroatoms. The molecule has 0 unspecified atom stereocenters. The standard InChI is InChI=1S/C20H23N3O4/c1-4-23(5-2)19(25)14-11-12-21-17(13-14)18(24)22-16-10-8-7-9-15(16)20(26)27-6-3/h7-13H,4-6H2,1-3H3,(H,22,24). The van der Waals surface area contributed by atoms with Crippen molar-refractivity contribution < 1.29 is 19.1 Å². The van der Waals surface area contributed by atoms with Crippen LogP contribution in [-0.2, 0) is 4.74 Å². The molecule has 0 fully saturated rings. The molecule has 142 valence electrons. The lowest BCUT2D eigenvalue weighted by Crippen LogP contribution is -2.30. The summed E-state index contributed by atoms with van der Waals surface area (Å²) in [6, 6.07) is 9.58. The quantitative estimate of drug-likeness (QED) is 0.758. The number of carbonyl (C=O) groups is 3. The highest BCUT2D eigenvalue weighted by Gasteiger charge is 2.18. The number of benzene rings is 1. The number of anilines is 1. The van der Waals surface area contributed by atoms with Crippen molar-refractivity contribution in [1.29, 1.82) is 0 Å². The molecule has 1 heterocycles. The first-order valence-corrected chi connectivity index (χ1v) is 8.84. The zero-order chi connectivity index (χ0) is 19.8. The van der Waals surface area contributed by atoms with Gasteiger partial charge in [-0.2, -0.15) is 0 Å². The van der Waals surface area contributed by atoms with E-state index in [0.717, 1.165) is 0 Å². The molecule has 27 heavy (non-hydrogen) atoms. The third kappa shape index (κ3) is 4.91. The van der Waals surface area contributed by atoms with Crippen LogP contribution in [0.15, 0.2) is 42.6 Å². The van der Waals surface area contributed by atoms with Crippen molar-refractivity contribution in [2.45, 2.75) is 20.8 Å². The molecule has 0 bridgehead atoms. The van der Waals surface area contributed by atoms with Gasteiger partial charge in [-0.1, -0.05) is 12.1 Å². The Morgan fingerprint density at radius 1 is 1.07 bits per heavy atom. The first kappa shape index (κ1) is 20.1. The third-order valence-corrected chi connectivity index (χ3v) is 3.96. The number of aromatic nitrogens is 1. The molecule has 0 aliphatic heterocycles. The van der Waals surface area contributed by atoms with Gasteiger partial charge in [0.2, 0.25) is 0 Å². The minimum Gasteiger partial charge on any atom is -0.462 e. The minimum atomic E-state index is -0.521. The molecule has 1 aromatic heterocycles. The van der Waals surface area contributed by atoms with Crippen molar-refractivity contribution in [3.8, 4) is 0 Å². The van der Waals surface area contributed by atoms with Crippen LogP contribution in [0, 0.1) is 0 Å². The average molecular weight is 369 g/mol. The van der Waals surface area contributed by atoms with Crippen LogP contribution in [0.5, 0.6) is 0 Å². The molecule has 0 aliphatic carbocycles. The Labute approximate surface area is 158 Å². The number of hydrogen-bond acceptors (Lipinski definition) is 5. The molecule has 1 N–H and O–H groups in total. The maximum absolute atomic E-state index is 12.6. The zero-order valence-corrected chi connectivity index (χ0v) is 15.7. The number of esters is 1. The Bertz CT molecular complexity index is 831. The van der Waals surface area contributed by atoms with Gasteiger partial charge in [0, 0.05) is 24.8 Å². The highest BCUT2D eigenvalue weighted by atomic mass is 16.5. The Morgan fingerprint density at radius 3 is 2.44 bits per heavy atom. The minimum absolute atomic E-state index is 0.0895. The number of nitrogens with zero attached hydrogens (tertiary/aromatic N) is 2. The lowest BCUT2D eigenvalue weighted by Gasteiger charge is -2.18. The number of para-hydroxylation sites is 1. The van der Waals surface area contributed by atoms with E-state index >= 15 is 0 Å². The summed E-state index contributed by atoms with van der Waals surface area (Å²) in [5.41, 5.74) is 1.05. The molecule has 7 nitrogen and oxygen atoms in total. The van der Waals surface area contributed by atoms with Crippen LogP contribution in [0.3, 0.4) is 0 Å². The molecule has 0 saturated carbocycles. The lowest BCUT2D eigenvalue weighted by molar-refractivity contribution is 0.0527. The Balaban J connectivity index is 2.24. The Morgan fingerprint density at radius 2 is 1.78 bits per heavy atom. The van der Waals surface area contributed by atoms with Gasteiger partial charge in [-0.25, -0.2) is 4.79 Å². The fourth-order valence-corrected chi connectivity index (χ4v) is 2.55. The van der Waals surface area contributed by atoms with Crippen molar-refractivity contribution in [2.24, 2.45) is 0 Å². The lowest BCUT2D eigenvalue weighted by atomic mass is 10.1. The highest BCUT2D eigenvalue weighted by molar-refractivity contribution is 6.08. The van der Waals surface area contributed by atoms with Crippen LogP contribution in [0.1, 0.15) is 52.0 Å². The first-order chi connectivity index (χ1) is 13.0. The summed E-state index contributed by atoms with van der Waals surface area (Å²) in [5, 5.41) is 2.66. The molecule has 1 aromatic carbocycles. The van der Waals surface area contributed by atoms with E-state index in [2.05, 4.69) is 10.3 Å². The van der Waals surface area contributed by atoms with Crippen LogP contribution < -0.4 is 5.32 Å². The maximum Gasteiger partial charge on any atom is 0.340 e. The molecular weight excluding hydrogens is 346 g/mol. The topological polar surface area (TPSA) is 88.6 Å². The van der Waals surface area contributed by atoms with Gasteiger partial charge in [0.15, 0.2) is 0 Å². The monoisotopic (exact) mass is 369 g/mol. The van der Waals surface area contributed by atoms with Gasteiger partial charge in [0.05, 0.1) is 17.9 Å². The summed E-state index contributed by atoms with van der Waals surface area (Å²) < 4.78 is 5.00. The molecule has 2 rings (SSSR count). The average Bonchev–Trinajstić information content (AvgIpc) is 2.69. The van der Waals surface area contributed by atoms with E-state index in [0.29, 0.717) is 24.3 Å². The van der Waals surface area contributed by atoms with Crippen LogP contribution in [0.4, 0.5) is 5.69 Å². The van der Waals surface area contributed by atoms with Gasteiger partial charge < -0.3 is 15.0 Å². The van der Waals surface area contributed by atoms with Crippen LogP contribution >= 0.6 is 0 Å². The van der Waals surface area contributed by atoms with Crippen molar-refractivity contribution in [1.82, 2.24) is 9.88 Å². The van der Waals surface area contributed by atoms with E-state index in [1.165, 1.54) is 12.3 Å². The fourth-order valence-electron chi connectivity index (χ4n) is 2.55. The molecular formula is C20H23N3O4. The van der Waals surface area contributed by atoms with Crippen molar-refractivity contribution in [3.05, 3.63) is 59.4 Å². The number of hydrogen-bond donors (Lipinski definition) is 1. The van der Waals surface area contributed by atoms with Crippen molar-refractivity contribution in [3.63, 3.8) is 0 Å². The van der Waals surface area contributed by atoms with E-state index in [1.807, 2.05) is 13.8 Å². The maximum atomic E-state index is 12.6. The fraction of sp³-hybridized carbons (Fsp3) is 0.300. The summed E-state index contributed by atoms with van der Waals surface area (Å²) in [6.07, 6.45) is 1.42. The Hall–Kier alpha value is -3.22. The van der Waals surface area contributed by atoms with Crippen LogP contribution in [0.25, 0.3) is 0 Å². The van der Waals surface area contributed by atoms with Crippen molar-refractivity contribution in [2.75, 3.05) is 25.0 Å². The summed E-state index contributed by atoms with van der Waals surface area (Å²) in [4.78, 5) is 42.8. The molecule has 0 radical (unpaired) electrons. The van der Waals surface area contributed by atoms with Gasteiger partial charge in [-0.05, 0) is 45.0 Å². The second-order valence-electron chi connectivity index (χ2n) is 5.63. The van der Waals surface area contributed by atoms with Gasteiger partial charge in [0.1, 0.15) is 5.69 Å². The highest BCUT2D eigenvalue weighted by Crippen LogP contribution is 2.17. The van der Waals surface area contributed by atoms with Gasteiger partial charge in [0.25, 0.3) is 11.8 Å². The van der Waals surface area contributed by atoms with E-state index in [9.17, 15) is 14.4 Å². The molecule has 0 atom stereocenters. The SMILES string of the molecule is CCOC(=O)c1ccccc1NC(=O)c1cc(C(=O)N(CC)CC)ccn1. The number of carbonyl (C=O) groups excluding carboxylic acids is 3. The van der Waals surface area contributed by atoms with Crippen LogP contribution in [0.2, 0.25) is 0 Å². The largest absolute Gasteiger partial charge is 0.462 e. The van der Waals surface area contributed by atoms with Crippen molar-refractivity contribution >= 4 is 23.5 Å². The smallest absolute Gasteiger partial charge is 0.340 e. The predicted octanol–water partition coefficient (Wildman–Crippen LogP) is 2.99. The number of ether oxygens (including phenoxy) is 1. The second kappa shape index (κ2) is 9.47. The van der Waals surface area contributed by atoms with E-state index in [-0.39, 0.29) is 23.8 Å². The molecule has 2 aromatic rings. The third-order valence-electron chi connectivity index (χ3n) is 3.96. The summed E-state index contributed by atoms with van der Waals surface area (Å²) >= 11 is 0. The van der Waals surface area contributed by atoms with Crippen LogP contribution in [-0.4, -0.2) is 47.4 Å². The first-order valence-electron chi connectivity index (χ1n) is 8.84. The summed E-state index contributed by atoms with van der Waals surface area (Å²) in [7, 11) is 0. The normalized spacial score (nSPS) is 10.2. The Kier molecular flexibility index (Phi) is 7.05. The molecule has 0 saturated heterocycles. The number of amides is 2. The van der Waals surface area contributed by atoms with Gasteiger partial charge in [-0.15, -0.1) is 0 Å². The zero-order valence-electron chi connectivity index (χ0n) is 15.7. The predicted molar refractivity (Wildman–Crippen MR) is 102 cm³/mol. The number of rotatable bonds is 7. The molecule has 2 amide bonds. The number of pyridine rings is 1. The molecule has 0 aliphatic rings. The summed E-state index contributed by atoms with van der Waals surface area (Å²) in [6.45, 7) is 6.88. The van der Waals surface area contributed by atoms with E-state index in [1.54, 1.807) is 42.2 Å². The number of nitrogens with one attached hydrogen (secondary N) is 1. The van der Waals surface area contributed by atoms with Gasteiger partial charge in [-0.3, -0.25) is 14.6 Å².